The molecule has 0 bridgehead atoms. The number of anilines is 1. The molecule has 2 fully saturated rings. The van der Waals surface area contributed by atoms with E-state index in [1.54, 1.807) is 6.07 Å². The molecule has 1 aromatic rings. The lowest BCUT2D eigenvalue weighted by atomic mass is 10.1. The molecule has 1 saturated heterocycles. The van der Waals surface area contributed by atoms with Crippen LogP contribution in [0.2, 0.25) is 0 Å². The second-order valence-corrected chi connectivity index (χ2v) is 6.27. The van der Waals surface area contributed by atoms with Gasteiger partial charge in [-0.2, -0.15) is 5.26 Å². The summed E-state index contributed by atoms with van der Waals surface area (Å²) in [6.45, 7) is 0.882. The third-order valence-electron chi connectivity index (χ3n) is 3.87. The van der Waals surface area contributed by atoms with E-state index in [0.29, 0.717) is 11.6 Å². The van der Waals surface area contributed by atoms with E-state index in [1.165, 1.54) is 0 Å². The van der Waals surface area contributed by atoms with E-state index < -0.39 is 0 Å². The minimum atomic E-state index is -0.0835. The molecule has 1 heterocycles. The number of nitrogens with one attached hydrogen (secondary N) is 1. The van der Waals surface area contributed by atoms with Crippen LogP contribution in [0.1, 0.15) is 31.2 Å². The Bertz CT molecular complexity index is 577. The summed E-state index contributed by atoms with van der Waals surface area (Å²) in [5, 5.41) is 12.0. The molecule has 1 unspecified atom stereocenters. The smallest absolute Gasteiger partial charge is 0.242 e. The number of nitrogens with zero attached hydrogens (tertiary/aromatic N) is 2. The van der Waals surface area contributed by atoms with Gasteiger partial charge in [0.25, 0.3) is 0 Å². The first-order valence-corrected chi connectivity index (χ1v) is 7.75. The summed E-state index contributed by atoms with van der Waals surface area (Å²) in [5.74, 6) is 0.140. The second-order valence-electron chi connectivity index (χ2n) is 5.41. The van der Waals surface area contributed by atoms with Gasteiger partial charge in [-0.25, -0.2) is 0 Å². The minimum absolute atomic E-state index is 0.0835. The minimum Gasteiger partial charge on any atom is -0.359 e. The SMILES string of the molecule is N#Cc1ccc(N2CCCC2C(=O)NC2CC2)c(Br)c1. The van der Waals surface area contributed by atoms with E-state index in [1.807, 2.05) is 12.1 Å². The molecule has 1 aromatic carbocycles. The number of benzene rings is 1. The highest BCUT2D eigenvalue weighted by molar-refractivity contribution is 9.10. The maximum absolute atomic E-state index is 12.3. The van der Waals surface area contributed by atoms with Crippen LogP contribution in [0.4, 0.5) is 5.69 Å². The molecule has 1 amide bonds. The van der Waals surface area contributed by atoms with E-state index in [9.17, 15) is 4.79 Å². The van der Waals surface area contributed by atoms with E-state index in [0.717, 1.165) is 42.4 Å². The molecule has 3 rings (SSSR count). The van der Waals surface area contributed by atoms with Crippen LogP contribution in [0.25, 0.3) is 0 Å². The fraction of sp³-hybridized carbons (Fsp3) is 0.467. The van der Waals surface area contributed by atoms with Crippen molar-refractivity contribution < 1.29 is 4.79 Å². The summed E-state index contributed by atoms with van der Waals surface area (Å²) < 4.78 is 0.877. The van der Waals surface area contributed by atoms with Crippen LogP contribution in [0, 0.1) is 11.3 Å². The van der Waals surface area contributed by atoms with Crippen molar-refractivity contribution in [2.75, 3.05) is 11.4 Å². The van der Waals surface area contributed by atoms with Gasteiger partial charge in [0.05, 0.1) is 17.3 Å². The largest absolute Gasteiger partial charge is 0.359 e. The molecule has 1 aliphatic carbocycles. The predicted molar refractivity (Wildman–Crippen MR) is 80.4 cm³/mol. The highest BCUT2D eigenvalue weighted by atomic mass is 79.9. The second kappa shape index (κ2) is 5.45. The monoisotopic (exact) mass is 333 g/mol. The van der Waals surface area contributed by atoms with Crippen molar-refractivity contribution >= 4 is 27.5 Å². The van der Waals surface area contributed by atoms with Crippen LogP contribution < -0.4 is 10.2 Å². The number of carbonyl (C=O) groups excluding carboxylic acids is 1. The number of amides is 1. The van der Waals surface area contributed by atoms with Gasteiger partial charge in [-0.3, -0.25) is 4.79 Å². The van der Waals surface area contributed by atoms with Crippen molar-refractivity contribution in [3.05, 3.63) is 28.2 Å². The third-order valence-corrected chi connectivity index (χ3v) is 4.50. The summed E-state index contributed by atoms with van der Waals surface area (Å²) in [4.78, 5) is 14.4. The number of halogens is 1. The van der Waals surface area contributed by atoms with Gasteiger partial charge in [-0.15, -0.1) is 0 Å². The first kappa shape index (κ1) is 13.4. The molecule has 4 nitrogen and oxygen atoms in total. The number of hydrogen-bond donors (Lipinski definition) is 1. The van der Waals surface area contributed by atoms with Crippen molar-refractivity contribution in [1.82, 2.24) is 5.32 Å². The molecule has 0 spiro atoms. The summed E-state index contributed by atoms with van der Waals surface area (Å²) >= 11 is 3.51. The highest BCUT2D eigenvalue weighted by Crippen LogP contribution is 2.33. The van der Waals surface area contributed by atoms with Crippen LogP contribution >= 0.6 is 15.9 Å². The van der Waals surface area contributed by atoms with Gasteiger partial charge in [-0.1, -0.05) is 0 Å². The summed E-state index contributed by atoms with van der Waals surface area (Å²) in [6.07, 6.45) is 4.14. The highest BCUT2D eigenvalue weighted by Gasteiger charge is 2.34. The van der Waals surface area contributed by atoms with Crippen LogP contribution in [0.15, 0.2) is 22.7 Å². The van der Waals surface area contributed by atoms with Gasteiger partial charge in [0, 0.05) is 17.1 Å². The van der Waals surface area contributed by atoms with E-state index in [4.69, 9.17) is 5.26 Å². The first-order chi connectivity index (χ1) is 9.69. The molecule has 2 aliphatic rings. The third kappa shape index (κ3) is 2.66. The maximum atomic E-state index is 12.3. The zero-order chi connectivity index (χ0) is 14.1. The van der Waals surface area contributed by atoms with E-state index in [-0.39, 0.29) is 11.9 Å². The maximum Gasteiger partial charge on any atom is 0.242 e. The molecule has 20 heavy (non-hydrogen) atoms. The van der Waals surface area contributed by atoms with Crippen molar-refractivity contribution in [2.24, 2.45) is 0 Å². The molecular formula is C15H16BrN3O. The van der Waals surface area contributed by atoms with E-state index in [2.05, 4.69) is 32.2 Å². The Kier molecular flexibility index (Phi) is 3.66. The van der Waals surface area contributed by atoms with Crippen LogP contribution in [0.3, 0.4) is 0 Å². The van der Waals surface area contributed by atoms with Crippen LogP contribution in [-0.2, 0) is 4.79 Å². The van der Waals surface area contributed by atoms with Gasteiger partial charge in [0.1, 0.15) is 6.04 Å². The quantitative estimate of drug-likeness (QED) is 0.924. The number of nitriles is 1. The van der Waals surface area contributed by atoms with Gasteiger partial charge < -0.3 is 10.2 Å². The number of hydrogen-bond acceptors (Lipinski definition) is 3. The molecule has 0 radical (unpaired) electrons. The lowest BCUT2D eigenvalue weighted by molar-refractivity contribution is -0.122. The molecule has 5 heteroatoms. The van der Waals surface area contributed by atoms with Gasteiger partial charge in [0.2, 0.25) is 5.91 Å². The van der Waals surface area contributed by atoms with Crippen LogP contribution in [0.5, 0.6) is 0 Å². The Morgan fingerprint density at radius 2 is 2.20 bits per heavy atom. The molecule has 0 aromatic heterocycles. The zero-order valence-corrected chi connectivity index (χ0v) is 12.7. The van der Waals surface area contributed by atoms with Crippen molar-refractivity contribution in [3.63, 3.8) is 0 Å². The zero-order valence-electron chi connectivity index (χ0n) is 11.1. The molecule has 1 saturated carbocycles. The molecular weight excluding hydrogens is 318 g/mol. The summed E-state index contributed by atoms with van der Waals surface area (Å²) in [5.41, 5.74) is 1.62. The predicted octanol–water partition coefficient (Wildman–Crippen LogP) is 2.57. The molecule has 1 N–H and O–H groups in total. The molecule has 104 valence electrons. The van der Waals surface area contributed by atoms with Gasteiger partial charge in [-0.05, 0) is 59.8 Å². The lowest BCUT2D eigenvalue weighted by Gasteiger charge is -2.27. The Balaban J connectivity index is 1.80. The Labute approximate surface area is 126 Å². The standard InChI is InChI=1S/C15H16BrN3O/c16-12-8-10(9-17)3-6-13(12)19-7-1-2-14(19)15(20)18-11-4-5-11/h3,6,8,11,14H,1-2,4-5,7H2,(H,18,20). The van der Waals surface area contributed by atoms with Crippen molar-refractivity contribution in [3.8, 4) is 6.07 Å². The van der Waals surface area contributed by atoms with Crippen LogP contribution in [-0.4, -0.2) is 24.5 Å². The van der Waals surface area contributed by atoms with Gasteiger partial charge in [0.15, 0.2) is 0 Å². The van der Waals surface area contributed by atoms with E-state index >= 15 is 0 Å². The number of rotatable bonds is 3. The van der Waals surface area contributed by atoms with Gasteiger partial charge >= 0.3 is 0 Å². The lowest BCUT2D eigenvalue weighted by Crippen LogP contribution is -2.44. The average molecular weight is 334 g/mol. The summed E-state index contributed by atoms with van der Waals surface area (Å²) in [7, 11) is 0. The Morgan fingerprint density at radius 3 is 2.85 bits per heavy atom. The topological polar surface area (TPSA) is 56.1 Å². The molecule has 1 atom stereocenters. The fourth-order valence-electron chi connectivity index (χ4n) is 2.66. The first-order valence-electron chi connectivity index (χ1n) is 6.95. The fourth-order valence-corrected chi connectivity index (χ4v) is 3.27. The number of carbonyl (C=O) groups is 1. The Morgan fingerprint density at radius 1 is 1.40 bits per heavy atom. The normalized spacial score (nSPS) is 21.6. The Hall–Kier alpha value is -1.54. The summed E-state index contributed by atoms with van der Waals surface area (Å²) in [6, 6.07) is 7.97. The van der Waals surface area contributed by atoms with Crippen molar-refractivity contribution in [2.45, 2.75) is 37.8 Å². The molecule has 1 aliphatic heterocycles. The average Bonchev–Trinajstić information content (AvgIpc) is 3.12. The van der Waals surface area contributed by atoms with Crippen molar-refractivity contribution in [1.29, 1.82) is 5.26 Å².